The molecule has 5 heteroatoms. The Morgan fingerprint density at radius 1 is 1.47 bits per heavy atom. The number of rotatable bonds is 2. The molecular formula is C12H17N5. The zero-order chi connectivity index (χ0) is 11.8. The number of anilines is 1. The lowest BCUT2D eigenvalue weighted by molar-refractivity contribution is 0.452. The molecule has 0 radical (unpaired) electrons. The predicted molar refractivity (Wildman–Crippen MR) is 66.1 cm³/mol. The van der Waals surface area contributed by atoms with E-state index in [0.717, 1.165) is 19.4 Å². The molecule has 2 aromatic rings. The van der Waals surface area contributed by atoms with E-state index in [-0.39, 0.29) is 0 Å². The van der Waals surface area contributed by atoms with Gasteiger partial charge in [-0.3, -0.25) is 4.68 Å². The Balaban J connectivity index is 2.06. The zero-order valence-corrected chi connectivity index (χ0v) is 10.2. The molecule has 0 bridgehead atoms. The summed E-state index contributed by atoms with van der Waals surface area (Å²) in [4.78, 5) is 0. The number of nitrogens with one attached hydrogen (secondary N) is 1. The highest BCUT2D eigenvalue weighted by atomic mass is 15.4. The molecular weight excluding hydrogens is 214 g/mol. The number of fused-ring (bicyclic) bond motifs is 1. The fraction of sp³-hybridized carbons (Fsp3) is 0.500. The second kappa shape index (κ2) is 3.91. The summed E-state index contributed by atoms with van der Waals surface area (Å²) in [6.07, 6.45) is 5.89. The summed E-state index contributed by atoms with van der Waals surface area (Å²) >= 11 is 0. The van der Waals surface area contributed by atoms with Gasteiger partial charge in [-0.05, 0) is 18.9 Å². The van der Waals surface area contributed by atoms with E-state index in [2.05, 4.69) is 33.2 Å². The van der Waals surface area contributed by atoms with Gasteiger partial charge in [0.05, 0.1) is 17.9 Å². The zero-order valence-electron chi connectivity index (χ0n) is 10.2. The van der Waals surface area contributed by atoms with Gasteiger partial charge in [0.1, 0.15) is 5.82 Å². The largest absolute Gasteiger partial charge is 0.370 e. The van der Waals surface area contributed by atoms with Crippen LogP contribution in [0.3, 0.4) is 0 Å². The van der Waals surface area contributed by atoms with Crippen molar-refractivity contribution in [1.29, 1.82) is 0 Å². The van der Waals surface area contributed by atoms with E-state index in [9.17, 15) is 0 Å². The molecule has 1 unspecified atom stereocenters. The summed E-state index contributed by atoms with van der Waals surface area (Å²) in [6.45, 7) is 3.15. The molecule has 0 saturated carbocycles. The standard InChI is InChI=1S/C12H17N5/c1-3-9-8-15-17-11(4-6-13-12(9)17)10-5-7-14-16(10)2/h5,7-8,11,13H,3-4,6H2,1-2H3. The smallest absolute Gasteiger partial charge is 0.128 e. The lowest BCUT2D eigenvalue weighted by Crippen LogP contribution is -2.26. The van der Waals surface area contributed by atoms with Crippen molar-refractivity contribution in [3.05, 3.63) is 29.7 Å². The van der Waals surface area contributed by atoms with Gasteiger partial charge in [0.15, 0.2) is 0 Å². The van der Waals surface area contributed by atoms with E-state index in [1.54, 1.807) is 0 Å². The quantitative estimate of drug-likeness (QED) is 0.853. The van der Waals surface area contributed by atoms with Crippen molar-refractivity contribution in [2.75, 3.05) is 11.9 Å². The van der Waals surface area contributed by atoms with Crippen LogP contribution in [0.1, 0.15) is 30.6 Å². The first-order valence-corrected chi connectivity index (χ1v) is 6.09. The van der Waals surface area contributed by atoms with Crippen LogP contribution in [0.15, 0.2) is 18.5 Å². The van der Waals surface area contributed by atoms with E-state index in [4.69, 9.17) is 0 Å². The Hall–Kier alpha value is -1.78. The molecule has 0 aliphatic carbocycles. The molecule has 0 spiro atoms. The molecule has 1 aliphatic rings. The Labute approximate surface area is 100 Å². The molecule has 90 valence electrons. The number of aromatic nitrogens is 4. The van der Waals surface area contributed by atoms with Crippen molar-refractivity contribution in [1.82, 2.24) is 19.6 Å². The molecule has 5 nitrogen and oxygen atoms in total. The monoisotopic (exact) mass is 231 g/mol. The van der Waals surface area contributed by atoms with E-state index in [1.165, 1.54) is 17.1 Å². The third-order valence-corrected chi connectivity index (χ3v) is 3.46. The highest BCUT2D eigenvalue weighted by Crippen LogP contribution is 2.30. The minimum absolute atomic E-state index is 0.305. The Morgan fingerprint density at radius 2 is 2.35 bits per heavy atom. The first kappa shape index (κ1) is 10.4. The summed E-state index contributed by atoms with van der Waals surface area (Å²) in [5.74, 6) is 1.17. The van der Waals surface area contributed by atoms with E-state index >= 15 is 0 Å². The van der Waals surface area contributed by atoms with E-state index in [1.807, 2.05) is 24.1 Å². The third-order valence-electron chi connectivity index (χ3n) is 3.46. The maximum Gasteiger partial charge on any atom is 0.128 e. The second-order valence-electron chi connectivity index (χ2n) is 4.43. The van der Waals surface area contributed by atoms with Gasteiger partial charge in [0.25, 0.3) is 0 Å². The van der Waals surface area contributed by atoms with Crippen LogP contribution < -0.4 is 5.32 Å². The van der Waals surface area contributed by atoms with Gasteiger partial charge in [0.2, 0.25) is 0 Å². The third kappa shape index (κ3) is 1.53. The molecule has 1 aliphatic heterocycles. The normalized spacial score (nSPS) is 18.8. The van der Waals surface area contributed by atoms with Gasteiger partial charge in [0, 0.05) is 25.4 Å². The van der Waals surface area contributed by atoms with Crippen LogP contribution in [0.25, 0.3) is 0 Å². The van der Waals surface area contributed by atoms with Crippen LogP contribution in [0.5, 0.6) is 0 Å². The molecule has 3 heterocycles. The lowest BCUT2D eigenvalue weighted by Gasteiger charge is -2.26. The van der Waals surface area contributed by atoms with Gasteiger partial charge < -0.3 is 5.32 Å². The highest BCUT2D eigenvalue weighted by molar-refractivity contribution is 5.46. The van der Waals surface area contributed by atoms with Crippen LogP contribution in [0.2, 0.25) is 0 Å². The van der Waals surface area contributed by atoms with Crippen LogP contribution in [-0.2, 0) is 13.5 Å². The minimum atomic E-state index is 0.305. The second-order valence-corrected chi connectivity index (χ2v) is 4.43. The molecule has 0 amide bonds. The average molecular weight is 231 g/mol. The Kier molecular flexibility index (Phi) is 2.39. The van der Waals surface area contributed by atoms with Crippen LogP contribution in [0, 0.1) is 0 Å². The number of hydrogen-bond acceptors (Lipinski definition) is 3. The first-order chi connectivity index (χ1) is 8.31. The summed E-state index contributed by atoms with van der Waals surface area (Å²) in [5, 5.41) is 12.2. The van der Waals surface area contributed by atoms with E-state index < -0.39 is 0 Å². The molecule has 0 fully saturated rings. The van der Waals surface area contributed by atoms with Gasteiger partial charge in [-0.1, -0.05) is 6.92 Å². The SMILES string of the molecule is CCc1cnn2c1NCCC2c1ccnn1C. The van der Waals surface area contributed by atoms with Gasteiger partial charge in [-0.25, -0.2) is 4.68 Å². The first-order valence-electron chi connectivity index (χ1n) is 6.09. The Morgan fingerprint density at radius 3 is 3.06 bits per heavy atom. The Bertz CT molecular complexity index is 525. The summed E-state index contributed by atoms with van der Waals surface area (Å²) < 4.78 is 4.03. The van der Waals surface area contributed by atoms with Crippen molar-refractivity contribution < 1.29 is 0 Å². The molecule has 1 N–H and O–H groups in total. The summed E-state index contributed by atoms with van der Waals surface area (Å²) in [7, 11) is 1.99. The highest BCUT2D eigenvalue weighted by Gasteiger charge is 2.25. The summed E-state index contributed by atoms with van der Waals surface area (Å²) in [6, 6.07) is 2.38. The number of aryl methyl sites for hydroxylation is 2. The molecule has 3 rings (SSSR count). The maximum atomic E-state index is 4.52. The topological polar surface area (TPSA) is 47.7 Å². The number of hydrogen-bond donors (Lipinski definition) is 1. The fourth-order valence-corrected chi connectivity index (χ4v) is 2.52. The van der Waals surface area contributed by atoms with Crippen molar-refractivity contribution in [2.45, 2.75) is 25.8 Å². The average Bonchev–Trinajstić information content (AvgIpc) is 2.94. The van der Waals surface area contributed by atoms with Crippen LogP contribution in [-0.4, -0.2) is 26.1 Å². The lowest BCUT2D eigenvalue weighted by atomic mass is 10.1. The summed E-state index contributed by atoms with van der Waals surface area (Å²) in [5.41, 5.74) is 2.51. The maximum absolute atomic E-state index is 4.52. The van der Waals surface area contributed by atoms with Crippen molar-refractivity contribution in [3.8, 4) is 0 Å². The molecule has 17 heavy (non-hydrogen) atoms. The predicted octanol–water partition coefficient (Wildman–Crippen LogP) is 1.58. The van der Waals surface area contributed by atoms with Gasteiger partial charge in [-0.2, -0.15) is 10.2 Å². The van der Waals surface area contributed by atoms with Gasteiger partial charge >= 0.3 is 0 Å². The van der Waals surface area contributed by atoms with Crippen LogP contribution >= 0.6 is 0 Å². The van der Waals surface area contributed by atoms with Crippen LogP contribution in [0.4, 0.5) is 5.82 Å². The number of nitrogens with zero attached hydrogens (tertiary/aromatic N) is 4. The molecule has 0 aromatic carbocycles. The minimum Gasteiger partial charge on any atom is -0.370 e. The van der Waals surface area contributed by atoms with Crippen molar-refractivity contribution in [2.24, 2.45) is 7.05 Å². The fourth-order valence-electron chi connectivity index (χ4n) is 2.52. The van der Waals surface area contributed by atoms with Crippen molar-refractivity contribution >= 4 is 5.82 Å². The van der Waals surface area contributed by atoms with Gasteiger partial charge in [-0.15, -0.1) is 0 Å². The molecule has 1 atom stereocenters. The molecule has 2 aromatic heterocycles. The molecule has 0 saturated heterocycles. The van der Waals surface area contributed by atoms with E-state index in [0.29, 0.717) is 6.04 Å². The van der Waals surface area contributed by atoms with Crippen molar-refractivity contribution in [3.63, 3.8) is 0 Å².